The monoisotopic (exact) mass is 283 g/mol. The standard InChI is InChI=1S/C15H29N3O2/c1-4-20-14(19)13-17-9-11-18(12-10-17)15(2)5-7-16(3)8-6-15/h4-13H2,1-3H3. The highest BCUT2D eigenvalue weighted by molar-refractivity contribution is 5.71. The third kappa shape index (κ3) is 3.93. The van der Waals surface area contributed by atoms with Gasteiger partial charge in [-0.2, -0.15) is 0 Å². The minimum Gasteiger partial charge on any atom is -0.465 e. The van der Waals surface area contributed by atoms with Gasteiger partial charge in [-0.1, -0.05) is 0 Å². The van der Waals surface area contributed by atoms with E-state index in [4.69, 9.17) is 4.74 Å². The SMILES string of the molecule is CCOC(=O)CN1CCN(C2(C)CCN(C)CC2)CC1. The van der Waals surface area contributed by atoms with Crippen LogP contribution in [0.2, 0.25) is 0 Å². The topological polar surface area (TPSA) is 36.0 Å². The van der Waals surface area contributed by atoms with Gasteiger partial charge in [0.15, 0.2) is 0 Å². The molecule has 2 aliphatic rings. The summed E-state index contributed by atoms with van der Waals surface area (Å²) in [7, 11) is 2.21. The van der Waals surface area contributed by atoms with Crippen LogP contribution in [0.5, 0.6) is 0 Å². The van der Waals surface area contributed by atoms with E-state index in [1.807, 2.05) is 6.92 Å². The normalized spacial score (nSPS) is 25.6. The fraction of sp³-hybridized carbons (Fsp3) is 0.933. The molecular weight excluding hydrogens is 254 g/mol. The fourth-order valence-corrected chi connectivity index (χ4v) is 3.25. The van der Waals surface area contributed by atoms with E-state index in [0.717, 1.165) is 26.2 Å². The van der Waals surface area contributed by atoms with E-state index in [1.165, 1.54) is 25.9 Å². The molecule has 0 aromatic carbocycles. The van der Waals surface area contributed by atoms with E-state index in [9.17, 15) is 4.79 Å². The number of esters is 1. The van der Waals surface area contributed by atoms with Crippen LogP contribution in [-0.2, 0) is 9.53 Å². The molecule has 0 spiro atoms. The average molecular weight is 283 g/mol. The first-order chi connectivity index (χ1) is 9.53. The van der Waals surface area contributed by atoms with Gasteiger partial charge in [0.1, 0.15) is 0 Å². The molecule has 0 aromatic heterocycles. The van der Waals surface area contributed by atoms with Gasteiger partial charge in [-0.05, 0) is 46.8 Å². The van der Waals surface area contributed by atoms with Crippen molar-refractivity contribution < 1.29 is 9.53 Å². The highest BCUT2D eigenvalue weighted by Gasteiger charge is 2.36. The predicted octanol–water partition coefficient (Wildman–Crippen LogP) is 0.651. The summed E-state index contributed by atoms with van der Waals surface area (Å²) in [6.45, 7) is 11.7. The summed E-state index contributed by atoms with van der Waals surface area (Å²) >= 11 is 0. The minimum absolute atomic E-state index is 0.0912. The molecule has 116 valence electrons. The second-order valence-corrected chi connectivity index (χ2v) is 6.37. The van der Waals surface area contributed by atoms with Crippen molar-refractivity contribution in [2.75, 3.05) is 59.5 Å². The first kappa shape index (κ1) is 15.7. The maximum atomic E-state index is 11.5. The summed E-state index contributed by atoms with van der Waals surface area (Å²) in [5.74, 6) is -0.0912. The van der Waals surface area contributed by atoms with Gasteiger partial charge in [-0.25, -0.2) is 0 Å². The van der Waals surface area contributed by atoms with Crippen molar-refractivity contribution in [3.8, 4) is 0 Å². The summed E-state index contributed by atoms with van der Waals surface area (Å²) < 4.78 is 5.02. The molecule has 2 aliphatic heterocycles. The maximum absolute atomic E-state index is 11.5. The Hall–Kier alpha value is -0.650. The molecular formula is C15H29N3O2. The first-order valence-electron chi connectivity index (χ1n) is 7.85. The number of carbonyl (C=O) groups is 1. The van der Waals surface area contributed by atoms with Gasteiger partial charge in [0.05, 0.1) is 13.2 Å². The molecule has 5 nitrogen and oxygen atoms in total. The van der Waals surface area contributed by atoms with E-state index in [2.05, 4.69) is 28.7 Å². The highest BCUT2D eigenvalue weighted by Crippen LogP contribution is 2.28. The predicted molar refractivity (Wildman–Crippen MR) is 79.8 cm³/mol. The van der Waals surface area contributed by atoms with Crippen LogP contribution in [0.15, 0.2) is 0 Å². The molecule has 0 saturated carbocycles. The summed E-state index contributed by atoms with van der Waals surface area (Å²) in [6.07, 6.45) is 2.50. The molecule has 0 radical (unpaired) electrons. The van der Waals surface area contributed by atoms with Crippen molar-refractivity contribution in [1.29, 1.82) is 0 Å². The molecule has 2 rings (SSSR count). The zero-order valence-corrected chi connectivity index (χ0v) is 13.2. The zero-order valence-electron chi connectivity index (χ0n) is 13.2. The van der Waals surface area contributed by atoms with Crippen molar-refractivity contribution in [2.24, 2.45) is 0 Å². The van der Waals surface area contributed by atoms with Gasteiger partial charge in [-0.15, -0.1) is 0 Å². The maximum Gasteiger partial charge on any atom is 0.320 e. The quantitative estimate of drug-likeness (QED) is 0.708. The van der Waals surface area contributed by atoms with Gasteiger partial charge in [0, 0.05) is 31.7 Å². The Morgan fingerprint density at radius 1 is 1.10 bits per heavy atom. The van der Waals surface area contributed by atoms with Crippen molar-refractivity contribution in [2.45, 2.75) is 32.2 Å². The zero-order chi connectivity index (χ0) is 14.6. The third-order valence-corrected chi connectivity index (χ3v) is 4.86. The van der Waals surface area contributed by atoms with Crippen LogP contribution in [0.1, 0.15) is 26.7 Å². The number of carbonyl (C=O) groups excluding carboxylic acids is 1. The van der Waals surface area contributed by atoms with Crippen molar-refractivity contribution in [1.82, 2.24) is 14.7 Å². The van der Waals surface area contributed by atoms with Crippen LogP contribution in [0.4, 0.5) is 0 Å². The minimum atomic E-state index is -0.0912. The molecule has 5 heteroatoms. The number of ether oxygens (including phenoxy) is 1. The van der Waals surface area contributed by atoms with Crippen LogP contribution in [0.3, 0.4) is 0 Å². The number of likely N-dealkylation sites (tertiary alicyclic amines) is 1. The van der Waals surface area contributed by atoms with Gasteiger partial charge in [0.2, 0.25) is 0 Å². The van der Waals surface area contributed by atoms with Crippen LogP contribution in [0, 0.1) is 0 Å². The smallest absolute Gasteiger partial charge is 0.320 e. The van der Waals surface area contributed by atoms with Gasteiger partial charge < -0.3 is 9.64 Å². The Balaban J connectivity index is 1.77. The average Bonchev–Trinajstić information content (AvgIpc) is 2.43. The fourth-order valence-electron chi connectivity index (χ4n) is 3.25. The lowest BCUT2D eigenvalue weighted by molar-refractivity contribution is -0.145. The Morgan fingerprint density at radius 3 is 2.25 bits per heavy atom. The summed E-state index contributed by atoms with van der Waals surface area (Å²) in [5.41, 5.74) is 0.350. The Kier molecular flexibility index (Phi) is 5.41. The number of nitrogens with zero attached hydrogens (tertiary/aromatic N) is 3. The van der Waals surface area contributed by atoms with Crippen LogP contribution in [0.25, 0.3) is 0 Å². The van der Waals surface area contributed by atoms with Gasteiger partial charge >= 0.3 is 5.97 Å². The lowest BCUT2D eigenvalue weighted by Crippen LogP contribution is -2.59. The van der Waals surface area contributed by atoms with Crippen LogP contribution >= 0.6 is 0 Å². The second-order valence-electron chi connectivity index (χ2n) is 6.37. The molecule has 2 heterocycles. The molecule has 2 saturated heterocycles. The molecule has 0 aliphatic carbocycles. The molecule has 0 unspecified atom stereocenters. The molecule has 2 fully saturated rings. The van der Waals surface area contributed by atoms with Crippen molar-refractivity contribution in [3.63, 3.8) is 0 Å². The summed E-state index contributed by atoms with van der Waals surface area (Å²) in [4.78, 5) is 18.8. The van der Waals surface area contributed by atoms with Crippen LogP contribution < -0.4 is 0 Å². The number of rotatable bonds is 4. The Labute approximate surface area is 122 Å². The van der Waals surface area contributed by atoms with Crippen molar-refractivity contribution in [3.05, 3.63) is 0 Å². The van der Waals surface area contributed by atoms with E-state index in [-0.39, 0.29) is 5.97 Å². The third-order valence-electron chi connectivity index (χ3n) is 4.86. The highest BCUT2D eigenvalue weighted by atomic mass is 16.5. The van der Waals surface area contributed by atoms with Crippen molar-refractivity contribution >= 4 is 5.97 Å². The lowest BCUT2D eigenvalue weighted by Gasteiger charge is -2.49. The van der Waals surface area contributed by atoms with E-state index in [0.29, 0.717) is 18.7 Å². The van der Waals surface area contributed by atoms with Gasteiger partial charge in [0.25, 0.3) is 0 Å². The van der Waals surface area contributed by atoms with E-state index >= 15 is 0 Å². The molecule has 0 bridgehead atoms. The van der Waals surface area contributed by atoms with Gasteiger partial charge in [-0.3, -0.25) is 14.6 Å². The molecule has 0 aromatic rings. The van der Waals surface area contributed by atoms with E-state index in [1.54, 1.807) is 0 Å². The molecule has 20 heavy (non-hydrogen) atoms. The largest absolute Gasteiger partial charge is 0.465 e. The number of piperazine rings is 1. The Morgan fingerprint density at radius 2 is 1.70 bits per heavy atom. The molecule has 0 atom stereocenters. The molecule has 0 N–H and O–H groups in total. The number of piperidine rings is 1. The number of hydrogen-bond donors (Lipinski definition) is 0. The molecule has 0 amide bonds. The number of hydrogen-bond acceptors (Lipinski definition) is 5. The lowest BCUT2D eigenvalue weighted by atomic mass is 9.87. The van der Waals surface area contributed by atoms with Crippen LogP contribution in [-0.4, -0.2) is 85.7 Å². The summed E-state index contributed by atoms with van der Waals surface area (Å²) in [5, 5.41) is 0. The van der Waals surface area contributed by atoms with E-state index < -0.39 is 0 Å². The second kappa shape index (κ2) is 6.87. The first-order valence-corrected chi connectivity index (χ1v) is 7.85. The Bertz CT molecular complexity index is 319. The summed E-state index contributed by atoms with van der Waals surface area (Å²) in [6, 6.07) is 0.